The van der Waals surface area contributed by atoms with E-state index >= 15 is 0 Å². The van der Waals surface area contributed by atoms with E-state index in [-0.39, 0.29) is 29.6 Å². The smallest absolute Gasteiger partial charge is 0.226 e. The first-order valence-corrected chi connectivity index (χ1v) is 15.7. The van der Waals surface area contributed by atoms with Gasteiger partial charge in [-0.25, -0.2) is 4.39 Å². The Bertz CT molecular complexity index is 1390. The lowest BCUT2D eigenvalue weighted by Gasteiger charge is -2.37. The Morgan fingerprint density at radius 2 is 1.51 bits per heavy atom. The number of pyridine rings is 1. The van der Waals surface area contributed by atoms with E-state index in [2.05, 4.69) is 37.9 Å². The molecular formula is C35H42FN5O2. The van der Waals surface area contributed by atoms with Gasteiger partial charge >= 0.3 is 0 Å². The molecule has 0 N–H and O–H groups in total. The molecular weight excluding hydrogens is 541 g/mol. The Balaban J connectivity index is 1.23. The topological polar surface area (TPSA) is 60.0 Å². The molecule has 2 atom stereocenters. The van der Waals surface area contributed by atoms with Gasteiger partial charge in [-0.3, -0.25) is 24.4 Å². The Labute approximate surface area is 254 Å². The standard InChI is InChI=1S/C35H42FN5O2/c1-26(42)40-21-16-32-10-11-33(41(32)23-28-12-17-37-18-13-28)25-39(24-30-4-2-3-5-34(30)40)35(43)29-14-19-38(20-15-29)22-27-6-8-31(36)9-7-27/h2-9,12-13,17-18,29,32-33H,10-11,14-16,19-25H2,1H3/t32-,33+/m1/s1. The molecule has 0 radical (unpaired) electrons. The monoisotopic (exact) mass is 583 g/mol. The number of para-hydroxylation sites is 1. The maximum atomic E-state index is 14.3. The van der Waals surface area contributed by atoms with Crippen molar-refractivity contribution in [2.75, 3.05) is 31.1 Å². The van der Waals surface area contributed by atoms with E-state index in [0.717, 1.165) is 75.1 Å². The molecule has 0 aliphatic carbocycles. The van der Waals surface area contributed by atoms with E-state index in [1.807, 2.05) is 47.6 Å². The van der Waals surface area contributed by atoms with E-state index in [1.165, 1.54) is 17.7 Å². The Kier molecular flexibility index (Phi) is 9.14. The fraction of sp³-hybridized carbons (Fsp3) is 0.457. The van der Waals surface area contributed by atoms with Gasteiger partial charge in [-0.1, -0.05) is 30.3 Å². The Hall–Kier alpha value is -3.62. The quantitative estimate of drug-likeness (QED) is 0.411. The number of carbonyl (C=O) groups excluding carboxylic acids is 2. The molecule has 0 spiro atoms. The molecule has 43 heavy (non-hydrogen) atoms. The van der Waals surface area contributed by atoms with Crippen molar-refractivity contribution in [3.05, 3.63) is 95.6 Å². The minimum absolute atomic E-state index is 0.0310. The van der Waals surface area contributed by atoms with Gasteiger partial charge < -0.3 is 9.80 Å². The van der Waals surface area contributed by atoms with Crippen LogP contribution in [0.4, 0.5) is 10.1 Å². The van der Waals surface area contributed by atoms with E-state index in [4.69, 9.17) is 0 Å². The zero-order valence-corrected chi connectivity index (χ0v) is 25.1. The van der Waals surface area contributed by atoms with Gasteiger partial charge in [0.25, 0.3) is 0 Å². The second-order valence-electron chi connectivity index (χ2n) is 12.4. The van der Waals surface area contributed by atoms with Gasteiger partial charge in [0, 0.05) is 75.7 Å². The van der Waals surface area contributed by atoms with Gasteiger partial charge in [0.15, 0.2) is 0 Å². The van der Waals surface area contributed by atoms with E-state index < -0.39 is 0 Å². The Morgan fingerprint density at radius 1 is 0.814 bits per heavy atom. The van der Waals surface area contributed by atoms with Crippen LogP contribution in [-0.2, 0) is 29.2 Å². The first kappa shape index (κ1) is 29.5. The largest absolute Gasteiger partial charge is 0.336 e. The summed E-state index contributed by atoms with van der Waals surface area (Å²) in [6, 6.07) is 19.6. The molecule has 4 heterocycles. The van der Waals surface area contributed by atoms with E-state index in [0.29, 0.717) is 25.7 Å². The molecule has 226 valence electrons. The molecule has 0 unspecified atom stereocenters. The van der Waals surface area contributed by atoms with Gasteiger partial charge in [0.1, 0.15) is 5.82 Å². The van der Waals surface area contributed by atoms with Crippen LogP contribution in [0, 0.1) is 11.7 Å². The van der Waals surface area contributed by atoms with Gasteiger partial charge in [-0.05, 0) is 92.2 Å². The fourth-order valence-corrected chi connectivity index (χ4v) is 7.25. The van der Waals surface area contributed by atoms with Crippen LogP contribution in [0.3, 0.4) is 0 Å². The number of amides is 2. The van der Waals surface area contributed by atoms with E-state index in [9.17, 15) is 14.0 Å². The maximum absolute atomic E-state index is 14.3. The third-order valence-corrected chi connectivity index (χ3v) is 9.59. The minimum atomic E-state index is -0.218. The van der Waals surface area contributed by atoms with Gasteiger partial charge in [0.2, 0.25) is 11.8 Å². The van der Waals surface area contributed by atoms with Gasteiger partial charge in [0.05, 0.1) is 0 Å². The fourth-order valence-electron chi connectivity index (χ4n) is 7.25. The van der Waals surface area contributed by atoms with Crippen molar-refractivity contribution in [1.29, 1.82) is 0 Å². The van der Waals surface area contributed by atoms with Crippen molar-refractivity contribution in [2.45, 2.75) is 70.7 Å². The summed E-state index contributed by atoms with van der Waals surface area (Å²) < 4.78 is 13.4. The van der Waals surface area contributed by atoms with E-state index in [1.54, 1.807) is 6.92 Å². The van der Waals surface area contributed by atoms with Crippen molar-refractivity contribution in [1.82, 2.24) is 19.7 Å². The summed E-state index contributed by atoms with van der Waals surface area (Å²) in [5, 5.41) is 0. The summed E-state index contributed by atoms with van der Waals surface area (Å²) in [7, 11) is 0. The third kappa shape index (κ3) is 6.97. The number of carbonyl (C=O) groups is 2. The van der Waals surface area contributed by atoms with Crippen LogP contribution in [0.1, 0.15) is 55.7 Å². The van der Waals surface area contributed by atoms with Crippen LogP contribution in [0.5, 0.6) is 0 Å². The summed E-state index contributed by atoms with van der Waals surface area (Å²) in [4.78, 5) is 40.4. The SMILES string of the molecule is CC(=O)N1CC[C@H]2CC[C@@H](CN(C(=O)C3CCN(Cc4ccc(F)cc4)CC3)Cc3ccccc31)N2Cc1ccncc1. The molecule has 2 fully saturated rings. The summed E-state index contributed by atoms with van der Waals surface area (Å²) in [6.07, 6.45) is 8.31. The second kappa shape index (κ2) is 13.3. The molecule has 3 aromatic rings. The van der Waals surface area contributed by atoms with Crippen molar-refractivity contribution < 1.29 is 14.0 Å². The predicted octanol–water partition coefficient (Wildman–Crippen LogP) is 5.25. The lowest BCUT2D eigenvalue weighted by molar-refractivity contribution is -0.138. The number of hydrogen-bond donors (Lipinski definition) is 0. The minimum Gasteiger partial charge on any atom is -0.336 e. The third-order valence-electron chi connectivity index (χ3n) is 9.59. The second-order valence-corrected chi connectivity index (χ2v) is 12.4. The highest BCUT2D eigenvalue weighted by Gasteiger charge is 2.38. The molecule has 0 saturated carbocycles. The van der Waals surface area contributed by atoms with Gasteiger partial charge in [-0.15, -0.1) is 0 Å². The average molecular weight is 584 g/mol. The number of hydrogen-bond acceptors (Lipinski definition) is 5. The zero-order valence-electron chi connectivity index (χ0n) is 25.1. The lowest BCUT2D eigenvalue weighted by Crippen LogP contribution is -2.48. The molecule has 1 aromatic heterocycles. The number of rotatable bonds is 5. The molecule has 8 heteroatoms. The molecule has 6 rings (SSSR count). The maximum Gasteiger partial charge on any atom is 0.226 e. The molecule has 2 saturated heterocycles. The number of aromatic nitrogens is 1. The molecule has 3 aliphatic rings. The Morgan fingerprint density at radius 3 is 2.26 bits per heavy atom. The van der Waals surface area contributed by atoms with Crippen molar-refractivity contribution in [2.24, 2.45) is 5.92 Å². The van der Waals surface area contributed by atoms with Crippen LogP contribution >= 0.6 is 0 Å². The molecule has 7 nitrogen and oxygen atoms in total. The molecule has 3 aliphatic heterocycles. The number of halogens is 1. The molecule has 2 aromatic carbocycles. The summed E-state index contributed by atoms with van der Waals surface area (Å²) in [5.41, 5.74) is 4.26. The van der Waals surface area contributed by atoms with Crippen LogP contribution in [0.2, 0.25) is 0 Å². The summed E-state index contributed by atoms with van der Waals surface area (Å²) in [6.45, 7) is 6.76. The number of fused-ring (bicyclic) bond motifs is 3. The van der Waals surface area contributed by atoms with Gasteiger partial charge in [-0.2, -0.15) is 0 Å². The summed E-state index contributed by atoms with van der Waals surface area (Å²) in [5.74, 6) is 0.00597. The van der Waals surface area contributed by atoms with Crippen LogP contribution < -0.4 is 4.90 Å². The predicted molar refractivity (Wildman–Crippen MR) is 165 cm³/mol. The molecule has 2 amide bonds. The number of nitrogens with zero attached hydrogens (tertiary/aromatic N) is 5. The van der Waals surface area contributed by atoms with Crippen LogP contribution in [-0.4, -0.2) is 69.8 Å². The van der Waals surface area contributed by atoms with Crippen molar-refractivity contribution >= 4 is 17.5 Å². The number of anilines is 1. The average Bonchev–Trinajstić information content (AvgIpc) is 3.38. The highest BCUT2D eigenvalue weighted by atomic mass is 19.1. The summed E-state index contributed by atoms with van der Waals surface area (Å²) >= 11 is 0. The lowest BCUT2D eigenvalue weighted by atomic mass is 9.94. The van der Waals surface area contributed by atoms with Crippen molar-refractivity contribution in [3.8, 4) is 0 Å². The highest BCUT2D eigenvalue weighted by molar-refractivity contribution is 5.92. The molecule has 2 bridgehead atoms. The zero-order chi connectivity index (χ0) is 29.8. The van der Waals surface area contributed by atoms with Crippen LogP contribution in [0.15, 0.2) is 73.1 Å². The number of benzene rings is 2. The first-order chi connectivity index (χ1) is 20.9. The van der Waals surface area contributed by atoms with Crippen molar-refractivity contribution in [3.63, 3.8) is 0 Å². The highest BCUT2D eigenvalue weighted by Crippen LogP contribution is 2.33. The normalized spacial score (nSPS) is 22.2. The number of piperidine rings is 1. The van der Waals surface area contributed by atoms with Crippen LogP contribution in [0.25, 0.3) is 0 Å². The number of likely N-dealkylation sites (tertiary alicyclic amines) is 1. The first-order valence-electron chi connectivity index (χ1n) is 15.7.